The van der Waals surface area contributed by atoms with Gasteiger partial charge in [0.1, 0.15) is 11.3 Å². The lowest BCUT2D eigenvalue weighted by Gasteiger charge is -2.16. The molecule has 0 aromatic heterocycles. The fraction of sp³-hybridized carbons (Fsp3) is 0. The van der Waals surface area contributed by atoms with Crippen molar-refractivity contribution in [3.63, 3.8) is 0 Å². The van der Waals surface area contributed by atoms with Crippen LogP contribution < -0.4 is 4.74 Å². The molecule has 3 rings (SSSR count). The first-order valence-corrected chi connectivity index (χ1v) is 6.78. The van der Waals surface area contributed by atoms with Crippen molar-refractivity contribution in [2.24, 2.45) is 0 Å². The zero-order valence-electron chi connectivity index (χ0n) is 10.3. The van der Waals surface area contributed by atoms with Gasteiger partial charge in [-0.05, 0) is 29.8 Å². The Morgan fingerprint density at radius 2 is 1.65 bits per heavy atom. The standard InChI is InChI=1S/C16H9BrO3/c17-13-7-3-1-5-10(13)9-12-15(18)11-6-2-4-8-14(11)20-16(12)19/h1-9H. The van der Waals surface area contributed by atoms with E-state index >= 15 is 0 Å². The van der Waals surface area contributed by atoms with E-state index in [2.05, 4.69) is 15.9 Å². The van der Waals surface area contributed by atoms with Crippen LogP contribution in [0.2, 0.25) is 0 Å². The second kappa shape index (κ2) is 5.06. The van der Waals surface area contributed by atoms with E-state index in [1.165, 1.54) is 0 Å². The van der Waals surface area contributed by atoms with E-state index in [-0.39, 0.29) is 11.4 Å². The first-order chi connectivity index (χ1) is 9.66. The minimum absolute atomic E-state index is 0.0376. The molecule has 0 N–H and O–H groups in total. The molecule has 0 radical (unpaired) electrons. The SMILES string of the molecule is O=C1Oc2ccccc2C(=O)C1=Cc1ccccc1Br. The normalized spacial score (nSPS) is 15.9. The molecule has 0 saturated heterocycles. The van der Waals surface area contributed by atoms with Crippen LogP contribution in [-0.4, -0.2) is 11.8 Å². The monoisotopic (exact) mass is 328 g/mol. The van der Waals surface area contributed by atoms with Crippen LogP contribution in [0.15, 0.2) is 58.6 Å². The molecule has 2 aromatic carbocycles. The molecule has 0 fully saturated rings. The number of halogens is 1. The van der Waals surface area contributed by atoms with Gasteiger partial charge in [0.25, 0.3) is 0 Å². The van der Waals surface area contributed by atoms with E-state index < -0.39 is 5.97 Å². The van der Waals surface area contributed by atoms with Gasteiger partial charge in [-0.3, -0.25) is 4.79 Å². The Kier molecular flexibility index (Phi) is 3.24. The van der Waals surface area contributed by atoms with Crippen molar-refractivity contribution in [3.05, 3.63) is 69.7 Å². The first-order valence-electron chi connectivity index (χ1n) is 5.99. The van der Waals surface area contributed by atoms with Crippen LogP contribution in [0.5, 0.6) is 5.75 Å². The number of fused-ring (bicyclic) bond motifs is 1. The van der Waals surface area contributed by atoms with E-state index in [1.54, 1.807) is 30.3 Å². The van der Waals surface area contributed by atoms with Gasteiger partial charge in [0.2, 0.25) is 5.78 Å². The van der Waals surface area contributed by atoms with Gasteiger partial charge in [0.05, 0.1) is 5.56 Å². The predicted octanol–water partition coefficient (Wildman–Crippen LogP) is 3.63. The number of ketones is 1. The summed E-state index contributed by atoms with van der Waals surface area (Å²) in [5.41, 5.74) is 1.20. The Labute approximate surface area is 124 Å². The zero-order valence-corrected chi connectivity index (χ0v) is 11.9. The summed E-state index contributed by atoms with van der Waals surface area (Å²) in [4.78, 5) is 24.3. The first kappa shape index (κ1) is 12.8. The third kappa shape index (κ3) is 2.18. The highest BCUT2D eigenvalue weighted by Crippen LogP contribution is 2.29. The van der Waals surface area contributed by atoms with E-state index in [9.17, 15) is 9.59 Å². The number of rotatable bonds is 1. The summed E-state index contributed by atoms with van der Waals surface area (Å²) < 4.78 is 6.00. The Morgan fingerprint density at radius 1 is 0.950 bits per heavy atom. The molecule has 1 heterocycles. The molecule has 4 heteroatoms. The Balaban J connectivity index is 2.10. The van der Waals surface area contributed by atoms with Crippen LogP contribution in [0.4, 0.5) is 0 Å². The summed E-state index contributed by atoms with van der Waals surface area (Å²) >= 11 is 3.39. The fourth-order valence-corrected chi connectivity index (χ4v) is 2.41. The molecule has 98 valence electrons. The molecule has 0 atom stereocenters. The van der Waals surface area contributed by atoms with Gasteiger partial charge in [0, 0.05) is 4.47 Å². The van der Waals surface area contributed by atoms with Crippen molar-refractivity contribution >= 4 is 33.8 Å². The van der Waals surface area contributed by atoms with Crippen LogP contribution >= 0.6 is 15.9 Å². The van der Waals surface area contributed by atoms with E-state index in [0.717, 1.165) is 10.0 Å². The largest absolute Gasteiger partial charge is 0.422 e. The second-order valence-corrected chi connectivity index (χ2v) is 5.15. The van der Waals surface area contributed by atoms with E-state index in [1.807, 2.05) is 24.3 Å². The summed E-state index contributed by atoms with van der Waals surface area (Å²) in [7, 11) is 0. The lowest BCUT2D eigenvalue weighted by Crippen LogP contribution is -2.24. The molecule has 0 spiro atoms. The molecule has 0 aliphatic carbocycles. The number of hydrogen-bond donors (Lipinski definition) is 0. The minimum Gasteiger partial charge on any atom is -0.422 e. The fourth-order valence-electron chi connectivity index (χ4n) is 2.01. The van der Waals surface area contributed by atoms with Crippen molar-refractivity contribution in [2.45, 2.75) is 0 Å². The number of Topliss-reactive ketones (excluding diaryl/α,β-unsaturated/α-hetero) is 1. The molecule has 2 aromatic rings. The highest BCUT2D eigenvalue weighted by Gasteiger charge is 2.30. The van der Waals surface area contributed by atoms with E-state index in [0.29, 0.717) is 11.3 Å². The Hall–Kier alpha value is -2.20. The molecule has 1 aliphatic heterocycles. The van der Waals surface area contributed by atoms with Crippen molar-refractivity contribution < 1.29 is 14.3 Å². The van der Waals surface area contributed by atoms with Crippen LogP contribution in [0.1, 0.15) is 15.9 Å². The number of para-hydroxylation sites is 1. The maximum atomic E-state index is 12.4. The quantitative estimate of drug-likeness (QED) is 0.347. The van der Waals surface area contributed by atoms with Gasteiger partial charge in [-0.25, -0.2) is 4.79 Å². The number of hydrogen-bond acceptors (Lipinski definition) is 3. The lowest BCUT2D eigenvalue weighted by molar-refractivity contribution is -0.130. The van der Waals surface area contributed by atoms with E-state index in [4.69, 9.17) is 4.74 Å². The van der Waals surface area contributed by atoms with Gasteiger partial charge in [-0.15, -0.1) is 0 Å². The lowest BCUT2D eigenvalue weighted by atomic mass is 9.98. The smallest absolute Gasteiger partial charge is 0.347 e. The second-order valence-electron chi connectivity index (χ2n) is 4.29. The van der Waals surface area contributed by atoms with Crippen LogP contribution in [-0.2, 0) is 4.79 Å². The summed E-state index contributed by atoms with van der Waals surface area (Å²) in [6, 6.07) is 14.1. The number of carbonyl (C=O) groups excluding carboxylic acids is 2. The maximum Gasteiger partial charge on any atom is 0.347 e. The molecule has 1 aliphatic rings. The third-order valence-electron chi connectivity index (χ3n) is 3.00. The van der Waals surface area contributed by atoms with Crippen LogP contribution in [0.25, 0.3) is 6.08 Å². The van der Waals surface area contributed by atoms with Crippen LogP contribution in [0, 0.1) is 0 Å². The van der Waals surface area contributed by atoms with Crippen LogP contribution in [0.3, 0.4) is 0 Å². The van der Waals surface area contributed by atoms with Crippen molar-refractivity contribution in [1.29, 1.82) is 0 Å². The topological polar surface area (TPSA) is 43.4 Å². The zero-order chi connectivity index (χ0) is 14.1. The molecule has 0 amide bonds. The average Bonchev–Trinajstić information content (AvgIpc) is 2.45. The molecule has 3 nitrogen and oxygen atoms in total. The average molecular weight is 329 g/mol. The number of ether oxygens (including phenoxy) is 1. The van der Waals surface area contributed by atoms with Gasteiger partial charge in [-0.2, -0.15) is 0 Å². The number of carbonyl (C=O) groups is 2. The molecule has 0 unspecified atom stereocenters. The van der Waals surface area contributed by atoms with Gasteiger partial charge >= 0.3 is 5.97 Å². The Bertz CT molecular complexity index is 747. The van der Waals surface area contributed by atoms with Gasteiger partial charge in [-0.1, -0.05) is 46.3 Å². The molecular formula is C16H9BrO3. The molecular weight excluding hydrogens is 320 g/mol. The van der Waals surface area contributed by atoms with Crippen molar-refractivity contribution in [1.82, 2.24) is 0 Å². The summed E-state index contributed by atoms with van der Waals surface area (Å²) in [5.74, 6) is -0.621. The summed E-state index contributed by atoms with van der Waals surface area (Å²) in [6.07, 6.45) is 1.55. The molecule has 0 saturated carbocycles. The van der Waals surface area contributed by atoms with Crippen molar-refractivity contribution in [3.8, 4) is 5.75 Å². The summed E-state index contributed by atoms with van der Waals surface area (Å²) in [5, 5.41) is 0. The highest BCUT2D eigenvalue weighted by atomic mass is 79.9. The Morgan fingerprint density at radius 3 is 2.45 bits per heavy atom. The minimum atomic E-state index is -0.621. The predicted molar refractivity (Wildman–Crippen MR) is 78.5 cm³/mol. The van der Waals surface area contributed by atoms with Gasteiger partial charge in [0.15, 0.2) is 0 Å². The van der Waals surface area contributed by atoms with Gasteiger partial charge < -0.3 is 4.74 Å². The highest BCUT2D eigenvalue weighted by molar-refractivity contribution is 9.10. The van der Waals surface area contributed by atoms with Crippen molar-refractivity contribution in [2.75, 3.05) is 0 Å². The number of esters is 1. The summed E-state index contributed by atoms with van der Waals surface area (Å²) in [6.45, 7) is 0. The molecule has 20 heavy (non-hydrogen) atoms. The maximum absolute atomic E-state index is 12.4. The molecule has 0 bridgehead atoms. The number of benzene rings is 2. The third-order valence-corrected chi connectivity index (χ3v) is 3.73.